The maximum Gasteiger partial charge on any atom is 0.120 e. The van der Waals surface area contributed by atoms with Crippen molar-refractivity contribution in [3.8, 4) is 5.75 Å². The van der Waals surface area contributed by atoms with E-state index in [1.807, 2.05) is 25.1 Å². The summed E-state index contributed by atoms with van der Waals surface area (Å²) in [7, 11) is 0. The Morgan fingerprint density at radius 3 is 2.60 bits per heavy atom. The lowest BCUT2D eigenvalue weighted by molar-refractivity contribution is 0.0585. The zero-order valence-electron chi connectivity index (χ0n) is 8.85. The molecule has 0 bridgehead atoms. The quantitative estimate of drug-likeness (QED) is 0.705. The second-order valence-corrected chi connectivity index (χ2v) is 4.27. The summed E-state index contributed by atoms with van der Waals surface area (Å²) in [4.78, 5) is 0. The molecule has 0 aromatic heterocycles. The van der Waals surface area contributed by atoms with E-state index in [0.717, 1.165) is 18.4 Å². The molecule has 0 aliphatic heterocycles. The topological polar surface area (TPSA) is 52.5 Å². The van der Waals surface area contributed by atoms with Gasteiger partial charge in [-0.1, -0.05) is 18.2 Å². The zero-order valence-corrected chi connectivity index (χ0v) is 8.85. The average molecular weight is 207 g/mol. The number of nitrogens with one attached hydrogen (secondary N) is 1. The van der Waals surface area contributed by atoms with Crippen molar-refractivity contribution in [1.82, 2.24) is 5.32 Å². The number of hydrogen-bond donors (Lipinski definition) is 3. The summed E-state index contributed by atoms with van der Waals surface area (Å²) in [5.41, 5.74) is 0.916. The van der Waals surface area contributed by atoms with E-state index in [2.05, 4.69) is 5.32 Å². The highest BCUT2D eigenvalue weighted by Gasteiger charge is 2.28. The summed E-state index contributed by atoms with van der Waals surface area (Å²) in [6.45, 7) is 2.03. The highest BCUT2D eigenvalue weighted by atomic mass is 16.3. The van der Waals surface area contributed by atoms with E-state index in [4.69, 9.17) is 5.11 Å². The van der Waals surface area contributed by atoms with Gasteiger partial charge < -0.3 is 15.5 Å². The molecule has 1 atom stereocenters. The summed E-state index contributed by atoms with van der Waals surface area (Å²) < 4.78 is 0. The molecule has 1 saturated carbocycles. The van der Waals surface area contributed by atoms with Gasteiger partial charge in [0.05, 0.1) is 6.10 Å². The van der Waals surface area contributed by atoms with Gasteiger partial charge in [0.15, 0.2) is 0 Å². The Labute approximate surface area is 89.8 Å². The van der Waals surface area contributed by atoms with Gasteiger partial charge in [0.2, 0.25) is 0 Å². The van der Waals surface area contributed by atoms with Gasteiger partial charge >= 0.3 is 0 Å². The van der Waals surface area contributed by atoms with Crippen LogP contribution in [0.5, 0.6) is 5.75 Å². The number of aliphatic hydroxyl groups is 1. The van der Waals surface area contributed by atoms with E-state index in [9.17, 15) is 5.11 Å². The van der Waals surface area contributed by atoms with Crippen molar-refractivity contribution in [2.45, 2.75) is 38.0 Å². The number of benzene rings is 1. The van der Waals surface area contributed by atoms with Crippen LogP contribution in [0, 0.1) is 0 Å². The van der Waals surface area contributed by atoms with Gasteiger partial charge in [0.25, 0.3) is 0 Å². The summed E-state index contributed by atoms with van der Waals surface area (Å²) >= 11 is 0. The van der Waals surface area contributed by atoms with Crippen LogP contribution >= 0.6 is 0 Å². The Kier molecular flexibility index (Phi) is 2.93. The molecule has 1 unspecified atom stereocenters. The number of rotatable bonds is 3. The highest BCUT2D eigenvalue weighted by molar-refractivity contribution is 5.34. The van der Waals surface area contributed by atoms with Crippen LogP contribution in [0.15, 0.2) is 24.3 Å². The van der Waals surface area contributed by atoms with Gasteiger partial charge in [0.1, 0.15) is 5.75 Å². The van der Waals surface area contributed by atoms with Gasteiger partial charge in [-0.3, -0.25) is 0 Å². The van der Waals surface area contributed by atoms with Gasteiger partial charge in [-0.25, -0.2) is 0 Å². The minimum absolute atomic E-state index is 0.128. The molecule has 0 amide bonds. The van der Waals surface area contributed by atoms with Gasteiger partial charge in [-0.2, -0.15) is 0 Å². The van der Waals surface area contributed by atoms with Crippen molar-refractivity contribution in [2.75, 3.05) is 0 Å². The first-order valence-corrected chi connectivity index (χ1v) is 5.39. The van der Waals surface area contributed by atoms with Crippen molar-refractivity contribution in [2.24, 2.45) is 0 Å². The second-order valence-electron chi connectivity index (χ2n) is 4.27. The molecule has 1 fully saturated rings. The molecule has 1 aliphatic rings. The molecule has 3 nitrogen and oxygen atoms in total. The maximum atomic E-state index is 9.65. The predicted molar refractivity (Wildman–Crippen MR) is 58.7 cm³/mol. The first kappa shape index (κ1) is 10.5. The van der Waals surface area contributed by atoms with E-state index in [-0.39, 0.29) is 12.1 Å². The third-order valence-electron chi connectivity index (χ3n) is 3.00. The van der Waals surface area contributed by atoms with Crippen molar-refractivity contribution in [3.05, 3.63) is 29.8 Å². The van der Waals surface area contributed by atoms with Crippen molar-refractivity contribution < 1.29 is 10.2 Å². The Morgan fingerprint density at radius 1 is 1.33 bits per heavy atom. The molecule has 1 aliphatic carbocycles. The summed E-state index contributed by atoms with van der Waals surface area (Å²) in [5.74, 6) is 0.331. The highest BCUT2D eigenvalue weighted by Crippen LogP contribution is 2.27. The average Bonchev–Trinajstić information content (AvgIpc) is 2.16. The number of para-hydroxylation sites is 1. The van der Waals surface area contributed by atoms with Crippen LogP contribution in [0.1, 0.15) is 31.4 Å². The molecular formula is C12H17NO2. The van der Waals surface area contributed by atoms with Crippen LogP contribution in [0.4, 0.5) is 0 Å². The SMILES string of the molecule is CC(NC1CC(O)C1)c1ccccc1O. The summed E-state index contributed by atoms with van der Waals surface area (Å²) in [6.07, 6.45) is 1.50. The maximum absolute atomic E-state index is 9.65. The third-order valence-corrected chi connectivity index (χ3v) is 3.00. The van der Waals surface area contributed by atoms with E-state index in [1.54, 1.807) is 6.07 Å². The molecule has 3 heteroatoms. The number of phenolic OH excluding ortho intramolecular Hbond substituents is 1. The van der Waals surface area contributed by atoms with Crippen LogP contribution in [0.2, 0.25) is 0 Å². The van der Waals surface area contributed by atoms with Gasteiger partial charge in [-0.05, 0) is 25.8 Å². The fraction of sp³-hybridized carbons (Fsp3) is 0.500. The van der Waals surface area contributed by atoms with Gasteiger partial charge in [-0.15, -0.1) is 0 Å². The molecule has 1 aromatic rings. The standard InChI is InChI=1S/C12H17NO2/c1-8(13-9-6-10(14)7-9)11-4-2-3-5-12(11)15/h2-5,8-10,13-15H,6-7H2,1H3. The summed E-state index contributed by atoms with van der Waals surface area (Å²) in [6, 6.07) is 7.87. The molecule has 0 saturated heterocycles. The smallest absolute Gasteiger partial charge is 0.120 e. The lowest BCUT2D eigenvalue weighted by atomic mass is 9.88. The molecule has 3 N–H and O–H groups in total. The Hall–Kier alpha value is -1.06. The number of aliphatic hydroxyl groups excluding tert-OH is 1. The van der Waals surface area contributed by atoms with Crippen molar-refractivity contribution in [3.63, 3.8) is 0 Å². The van der Waals surface area contributed by atoms with Crippen LogP contribution in [-0.4, -0.2) is 22.4 Å². The third kappa shape index (κ3) is 2.30. The Balaban J connectivity index is 1.96. The predicted octanol–water partition coefficient (Wildman–Crippen LogP) is 1.57. The van der Waals surface area contributed by atoms with E-state index in [1.165, 1.54) is 0 Å². The lowest BCUT2D eigenvalue weighted by Gasteiger charge is -2.34. The first-order chi connectivity index (χ1) is 7.16. The molecule has 2 rings (SSSR count). The zero-order chi connectivity index (χ0) is 10.8. The van der Waals surface area contributed by atoms with Gasteiger partial charge in [0, 0.05) is 17.6 Å². The van der Waals surface area contributed by atoms with E-state index in [0.29, 0.717) is 11.8 Å². The van der Waals surface area contributed by atoms with Crippen molar-refractivity contribution >= 4 is 0 Å². The molecule has 1 aromatic carbocycles. The second kappa shape index (κ2) is 4.21. The fourth-order valence-corrected chi connectivity index (χ4v) is 2.02. The van der Waals surface area contributed by atoms with Crippen LogP contribution in [0.3, 0.4) is 0 Å². The summed E-state index contributed by atoms with van der Waals surface area (Å²) in [5, 5.41) is 22.2. The normalized spacial score (nSPS) is 27.1. The molecular weight excluding hydrogens is 190 g/mol. The van der Waals surface area contributed by atoms with E-state index < -0.39 is 0 Å². The number of aromatic hydroxyl groups is 1. The molecule has 0 heterocycles. The first-order valence-electron chi connectivity index (χ1n) is 5.39. The van der Waals surface area contributed by atoms with Crippen molar-refractivity contribution in [1.29, 1.82) is 0 Å². The molecule has 15 heavy (non-hydrogen) atoms. The monoisotopic (exact) mass is 207 g/mol. The number of phenols is 1. The molecule has 0 spiro atoms. The van der Waals surface area contributed by atoms with Crippen LogP contribution < -0.4 is 5.32 Å². The Morgan fingerprint density at radius 2 is 2.00 bits per heavy atom. The fourth-order valence-electron chi connectivity index (χ4n) is 2.02. The Bertz CT molecular complexity index is 334. The van der Waals surface area contributed by atoms with Crippen LogP contribution in [0.25, 0.3) is 0 Å². The van der Waals surface area contributed by atoms with E-state index >= 15 is 0 Å². The number of hydrogen-bond acceptors (Lipinski definition) is 3. The minimum Gasteiger partial charge on any atom is -0.508 e. The largest absolute Gasteiger partial charge is 0.508 e. The van der Waals surface area contributed by atoms with Crippen LogP contribution in [-0.2, 0) is 0 Å². The minimum atomic E-state index is -0.140. The molecule has 82 valence electrons. The lowest BCUT2D eigenvalue weighted by Crippen LogP contribution is -2.45. The molecule has 0 radical (unpaired) electrons.